The van der Waals surface area contributed by atoms with Crippen molar-refractivity contribution in [1.82, 2.24) is 0 Å². The van der Waals surface area contributed by atoms with Gasteiger partial charge in [0.1, 0.15) is 0 Å². The number of rotatable bonds is 3. The van der Waals surface area contributed by atoms with Crippen molar-refractivity contribution in [1.29, 1.82) is 0 Å². The lowest BCUT2D eigenvalue weighted by Crippen LogP contribution is -2.14. The van der Waals surface area contributed by atoms with Gasteiger partial charge in [-0.3, -0.25) is 0 Å². The topological polar surface area (TPSA) is 55.3 Å². The molecule has 3 heteroatoms. The van der Waals surface area contributed by atoms with Gasteiger partial charge in [0.2, 0.25) is 0 Å². The number of benzene rings is 8. The van der Waals surface area contributed by atoms with Gasteiger partial charge in [0, 0.05) is 11.4 Å². The second-order valence-electron chi connectivity index (χ2n) is 14.4. The van der Waals surface area contributed by atoms with Gasteiger partial charge >= 0.3 is 0 Å². The van der Waals surface area contributed by atoms with E-state index in [1.54, 1.807) is 0 Å². The van der Waals surface area contributed by atoms with Crippen LogP contribution in [-0.2, 0) is 0 Å². The first-order chi connectivity index (χ1) is 25.8. The molecule has 0 aliphatic heterocycles. The summed E-state index contributed by atoms with van der Waals surface area (Å²) < 4.78 is 0. The Hall–Kier alpha value is -5.80. The summed E-state index contributed by atoms with van der Waals surface area (Å²) in [5.74, 6) is 0. The highest BCUT2D eigenvalue weighted by molar-refractivity contribution is 6.25. The summed E-state index contributed by atoms with van der Waals surface area (Å²) in [6, 6.07) is 42.9. The van der Waals surface area contributed by atoms with Crippen LogP contribution in [0, 0.1) is 62.3 Å². The van der Waals surface area contributed by atoms with Crippen molar-refractivity contribution >= 4 is 60.8 Å². The molecule has 8 aromatic rings. The minimum Gasteiger partial charge on any atom is -0.399 e. The standard InChI is InChI=1S/C33H30N2.C9H12.C7H9N.C2H6/c1-19-10-15-29(21(3)16-19)35(30-9-7-6-8-28(30)34)31-18-25-12-11-24-17-20(2)22(4)26-13-14-27(23(31)5)33(25)32(24)26;1-7-4-5-8(2)9(3)6-7;1-6-4-2-3-5-7(6)8;1-2/h6-18H,34H2,1-5H3;4-6H,1-3H3;2-5H,8H2,1H3;1-2H3. The third-order valence-corrected chi connectivity index (χ3v) is 10.5. The molecular weight excluding hydrogens is 655 g/mol. The van der Waals surface area contributed by atoms with Crippen LogP contribution in [0.5, 0.6) is 0 Å². The summed E-state index contributed by atoms with van der Waals surface area (Å²) in [7, 11) is 0. The molecule has 0 aromatic heterocycles. The Morgan fingerprint density at radius 3 is 1.44 bits per heavy atom. The van der Waals surface area contributed by atoms with E-state index in [0.29, 0.717) is 0 Å². The molecule has 0 saturated carbocycles. The van der Waals surface area contributed by atoms with Crippen LogP contribution in [0.3, 0.4) is 0 Å². The molecule has 0 aliphatic carbocycles. The summed E-state index contributed by atoms with van der Waals surface area (Å²) in [6.45, 7) is 23.4. The van der Waals surface area contributed by atoms with Gasteiger partial charge in [0.25, 0.3) is 0 Å². The van der Waals surface area contributed by atoms with Crippen LogP contribution < -0.4 is 16.4 Å². The molecular formula is C51H57N3. The molecule has 0 unspecified atom stereocenters. The van der Waals surface area contributed by atoms with Crippen molar-refractivity contribution in [3.05, 3.63) is 171 Å². The van der Waals surface area contributed by atoms with Gasteiger partial charge in [-0.25, -0.2) is 0 Å². The first-order valence-electron chi connectivity index (χ1n) is 19.1. The second kappa shape index (κ2) is 16.9. The van der Waals surface area contributed by atoms with Gasteiger partial charge in [-0.1, -0.05) is 116 Å². The molecule has 8 rings (SSSR count). The lowest BCUT2D eigenvalue weighted by molar-refractivity contribution is 1.23. The van der Waals surface area contributed by atoms with Crippen molar-refractivity contribution in [3.63, 3.8) is 0 Å². The Morgan fingerprint density at radius 1 is 0.370 bits per heavy atom. The maximum absolute atomic E-state index is 6.57. The van der Waals surface area contributed by atoms with E-state index < -0.39 is 0 Å². The number of nitrogens with two attached hydrogens (primary N) is 2. The highest BCUT2D eigenvalue weighted by atomic mass is 15.2. The molecule has 0 amide bonds. The summed E-state index contributed by atoms with van der Waals surface area (Å²) in [6.07, 6.45) is 0. The fourth-order valence-corrected chi connectivity index (χ4v) is 7.21. The van der Waals surface area contributed by atoms with Crippen molar-refractivity contribution in [2.45, 2.75) is 76.2 Å². The normalized spacial score (nSPS) is 10.6. The average Bonchev–Trinajstić information content (AvgIpc) is 3.16. The Morgan fingerprint density at radius 2 is 0.907 bits per heavy atom. The Kier molecular flexibility index (Phi) is 12.3. The van der Waals surface area contributed by atoms with Crippen LogP contribution in [0.25, 0.3) is 32.3 Å². The van der Waals surface area contributed by atoms with Crippen molar-refractivity contribution in [2.75, 3.05) is 16.4 Å². The van der Waals surface area contributed by atoms with Gasteiger partial charge < -0.3 is 16.4 Å². The van der Waals surface area contributed by atoms with Crippen LogP contribution in [0.2, 0.25) is 0 Å². The SMILES string of the molecule is CC.Cc1ccc(C)c(C)c1.Cc1ccc(N(c2ccccc2N)c2cc3ccc4cc(C)c(C)c5ccc(c2C)c3c45)c(C)c1.Cc1ccccc1N. The molecule has 276 valence electrons. The second-order valence-corrected chi connectivity index (χ2v) is 14.4. The molecule has 0 radical (unpaired) electrons. The molecule has 0 heterocycles. The number of aryl methyl sites for hydroxylation is 9. The van der Waals surface area contributed by atoms with E-state index in [4.69, 9.17) is 11.5 Å². The Balaban J connectivity index is 0.000000242. The lowest BCUT2D eigenvalue weighted by atomic mass is 9.88. The first-order valence-corrected chi connectivity index (χ1v) is 19.1. The van der Waals surface area contributed by atoms with Gasteiger partial charge in [-0.05, 0) is 164 Å². The zero-order valence-electron chi connectivity index (χ0n) is 34.1. The molecule has 8 aromatic carbocycles. The van der Waals surface area contributed by atoms with E-state index in [1.807, 2.05) is 57.2 Å². The molecule has 54 heavy (non-hydrogen) atoms. The largest absolute Gasteiger partial charge is 0.399 e. The number of hydrogen-bond donors (Lipinski definition) is 2. The first kappa shape index (κ1) is 39.4. The average molecular weight is 712 g/mol. The predicted molar refractivity (Wildman–Crippen MR) is 241 cm³/mol. The predicted octanol–water partition coefficient (Wildman–Crippen LogP) is 14.4. The van der Waals surface area contributed by atoms with Crippen LogP contribution in [0.4, 0.5) is 28.4 Å². The summed E-state index contributed by atoms with van der Waals surface area (Å²) in [5, 5.41) is 7.94. The highest BCUT2D eigenvalue weighted by Crippen LogP contribution is 2.46. The van der Waals surface area contributed by atoms with Crippen molar-refractivity contribution < 1.29 is 0 Å². The Bertz CT molecular complexity index is 2520. The van der Waals surface area contributed by atoms with Gasteiger partial charge in [-0.15, -0.1) is 0 Å². The minimum absolute atomic E-state index is 0.767. The fraction of sp³-hybridized carbons (Fsp3) is 0.216. The number of para-hydroxylation sites is 3. The van der Waals surface area contributed by atoms with E-state index >= 15 is 0 Å². The quantitative estimate of drug-likeness (QED) is 0.142. The zero-order chi connectivity index (χ0) is 39.3. The van der Waals surface area contributed by atoms with Crippen LogP contribution in [0.1, 0.15) is 63.9 Å². The molecule has 4 N–H and O–H groups in total. The van der Waals surface area contributed by atoms with Crippen molar-refractivity contribution in [2.24, 2.45) is 0 Å². The smallest absolute Gasteiger partial charge is 0.0691 e. The lowest BCUT2D eigenvalue weighted by Gasteiger charge is -2.31. The van der Waals surface area contributed by atoms with Crippen LogP contribution >= 0.6 is 0 Å². The molecule has 0 aliphatic rings. The molecule has 0 atom stereocenters. The summed E-state index contributed by atoms with van der Waals surface area (Å²) in [4.78, 5) is 2.34. The molecule has 0 bridgehead atoms. The third kappa shape index (κ3) is 8.06. The van der Waals surface area contributed by atoms with E-state index in [1.165, 1.54) is 76.8 Å². The monoisotopic (exact) mass is 711 g/mol. The summed E-state index contributed by atoms with van der Waals surface area (Å²) in [5.41, 5.74) is 28.7. The zero-order valence-corrected chi connectivity index (χ0v) is 34.1. The maximum atomic E-state index is 6.57. The number of nitrogen functional groups attached to an aromatic ring is 2. The number of hydrogen-bond acceptors (Lipinski definition) is 3. The molecule has 3 nitrogen and oxygen atoms in total. The highest BCUT2D eigenvalue weighted by Gasteiger charge is 2.22. The number of nitrogens with zero attached hydrogens (tertiary/aromatic N) is 1. The van der Waals surface area contributed by atoms with Gasteiger partial charge in [0.15, 0.2) is 0 Å². The van der Waals surface area contributed by atoms with E-state index in [-0.39, 0.29) is 0 Å². The van der Waals surface area contributed by atoms with Crippen LogP contribution in [-0.4, -0.2) is 0 Å². The van der Waals surface area contributed by atoms with Crippen LogP contribution in [0.15, 0.2) is 121 Å². The van der Waals surface area contributed by atoms with Gasteiger partial charge in [0.05, 0.1) is 17.1 Å². The molecule has 0 fully saturated rings. The van der Waals surface area contributed by atoms with E-state index in [9.17, 15) is 0 Å². The maximum Gasteiger partial charge on any atom is 0.0691 e. The third-order valence-electron chi connectivity index (χ3n) is 10.5. The molecule has 0 spiro atoms. The molecule has 0 saturated heterocycles. The van der Waals surface area contributed by atoms with E-state index in [2.05, 4.69) is 145 Å². The Labute approximate surface area is 323 Å². The van der Waals surface area contributed by atoms with E-state index in [0.717, 1.165) is 34.0 Å². The number of anilines is 5. The minimum atomic E-state index is 0.767. The van der Waals surface area contributed by atoms with Gasteiger partial charge in [-0.2, -0.15) is 0 Å². The summed E-state index contributed by atoms with van der Waals surface area (Å²) >= 11 is 0. The fourth-order valence-electron chi connectivity index (χ4n) is 7.21. The van der Waals surface area contributed by atoms with Crippen molar-refractivity contribution in [3.8, 4) is 0 Å².